The molecule has 2 aromatic heterocycles. The monoisotopic (exact) mass is 376 g/mol. The van der Waals surface area contributed by atoms with E-state index in [1.54, 1.807) is 0 Å². The highest BCUT2D eigenvalue weighted by Crippen LogP contribution is 2.41. The summed E-state index contributed by atoms with van der Waals surface area (Å²) < 4.78 is 1.53. The first kappa shape index (κ1) is 16.5. The van der Waals surface area contributed by atoms with Crippen LogP contribution in [0.2, 0.25) is 0 Å². The van der Waals surface area contributed by atoms with Crippen molar-refractivity contribution in [2.75, 3.05) is 6.54 Å². The normalized spacial score (nSPS) is 15.7. The molecule has 0 fully saturated rings. The van der Waals surface area contributed by atoms with Gasteiger partial charge in [-0.3, -0.25) is 4.90 Å². The number of nitrogens with zero attached hydrogens (tertiary/aromatic N) is 4. The lowest BCUT2D eigenvalue weighted by Gasteiger charge is -2.35. The van der Waals surface area contributed by atoms with Crippen LogP contribution < -0.4 is 0 Å². The number of aromatic hydroxyl groups is 1. The molecule has 2 aromatic carbocycles. The zero-order valence-corrected chi connectivity index (χ0v) is 15.9. The third-order valence-electron chi connectivity index (χ3n) is 5.31. The Morgan fingerprint density at radius 2 is 1.85 bits per heavy atom. The van der Waals surface area contributed by atoms with Crippen molar-refractivity contribution >= 4 is 16.3 Å². The van der Waals surface area contributed by atoms with Crippen LogP contribution in [0.15, 0.2) is 54.9 Å². The van der Waals surface area contributed by atoms with E-state index in [0.29, 0.717) is 0 Å². The van der Waals surface area contributed by atoms with Crippen LogP contribution in [-0.4, -0.2) is 31.1 Å². The number of fused-ring (bicyclic) bond motifs is 2. The quantitative estimate of drug-likeness (QED) is 0.588. The molecule has 1 atom stereocenters. The fourth-order valence-corrected chi connectivity index (χ4v) is 4.98. The van der Waals surface area contributed by atoms with Crippen LogP contribution in [0, 0.1) is 6.92 Å². The summed E-state index contributed by atoms with van der Waals surface area (Å²) in [5, 5.41) is 15.0. The molecule has 4 aromatic rings. The van der Waals surface area contributed by atoms with E-state index >= 15 is 0 Å². The maximum absolute atomic E-state index is 10.8. The van der Waals surface area contributed by atoms with Crippen molar-refractivity contribution in [1.29, 1.82) is 0 Å². The first-order chi connectivity index (χ1) is 13.2. The number of aryl methyl sites for hydroxylation is 1. The molecule has 136 valence electrons. The van der Waals surface area contributed by atoms with Gasteiger partial charge in [0.1, 0.15) is 6.33 Å². The molecule has 0 aliphatic carbocycles. The molecule has 0 saturated carbocycles. The highest BCUT2D eigenvalue weighted by molar-refractivity contribution is 7.17. The number of thiazole rings is 1. The van der Waals surface area contributed by atoms with Gasteiger partial charge in [-0.15, -0.1) is 0 Å². The summed E-state index contributed by atoms with van der Waals surface area (Å²) in [6.07, 6.45) is 2.49. The van der Waals surface area contributed by atoms with Crippen molar-refractivity contribution in [3.8, 4) is 5.88 Å². The minimum Gasteiger partial charge on any atom is -0.492 e. The molecule has 3 heterocycles. The number of hydrogen-bond donors (Lipinski definition) is 1. The van der Waals surface area contributed by atoms with Gasteiger partial charge in [0, 0.05) is 13.1 Å². The van der Waals surface area contributed by atoms with E-state index in [4.69, 9.17) is 0 Å². The zero-order chi connectivity index (χ0) is 18.4. The van der Waals surface area contributed by atoms with Crippen LogP contribution in [0.25, 0.3) is 4.96 Å². The molecule has 5 nitrogen and oxygen atoms in total. The highest BCUT2D eigenvalue weighted by atomic mass is 32.1. The number of hydrogen-bond acceptors (Lipinski definition) is 5. The van der Waals surface area contributed by atoms with E-state index in [1.807, 2.05) is 0 Å². The molecule has 6 heteroatoms. The summed E-state index contributed by atoms with van der Waals surface area (Å²) in [4.78, 5) is 8.32. The first-order valence-corrected chi connectivity index (χ1v) is 9.91. The fourth-order valence-electron chi connectivity index (χ4n) is 3.89. The van der Waals surface area contributed by atoms with Crippen LogP contribution in [0.3, 0.4) is 0 Å². The minimum atomic E-state index is -0.0209. The molecular formula is C21H20N4OS. The van der Waals surface area contributed by atoms with Gasteiger partial charge in [0.05, 0.1) is 10.9 Å². The predicted molar refractivity (Wildman–Crippen MR) is 106 cm³/mol. The van der Waals surface area contributed by atoms with Crippen LogP contribution in [-0.2, 0) is 13.0 Å². The second kappa shape index (κ2) is 6.48. The molecule has 0 unspecified atom stereocenters. The van der Waals surface area contributed by atoms with Gasteiger partial charge in [0.2, 0.25) is 10.8 Å². The van der Waals surface area contributed by atoms with Crippen molar-refractivity contribution < 1.29 is 5.11 Å². The Balaban J connectivity index is 1.61. The van der Waals surface area contributed by atoms with Gasteiger partial charge in [-0.1, -0.05) is 65.4 Å². The molecule has 1 N–H and O–H groups in total. The van der Waals surface area contributed by atoms with Crippen LogP contribution in [0.4, 0.5) is 0 Å². The standard InChI is InChI=1S/C21H20N4OS/c1-14-6-8-16(9-7-14)18(19-20(26)25-21(27-19)22-13-23-25)24-11-10-15-4-2-3-5-17(15)12-24/h2-9,13,18,26H,10-12H2,1H3/t18-/m1/s1. The second-order valence-electron chi connectivity index (χ2n) is 7.05. The summed E-state index contributed by atoms with van der Waals surface area (Å²) in [6, 6.07) is 17.2. The smallest absolute Gasteiger partial charge is 0.230 e. The Bertz CT molecular complexity index is 1100. The molecule has 0 bridgehead atoms. The summed E-state index contributed by atoms with van der Waals surface area (Å²) in [7, 11) is 0. The summed E-state index contributed by atoms with van der Waals surface area (Å²) in [5.74, 6) is 0.192. The van der Waals surface area contributed by atoms with Crippen LogP contribution in [0.5, 0.6) is 5.88 Å². The number of aromatic nitrogens is 3. The molecule has 1 aliphatic rings. The molecule has 0 spiro atoms. The molecular weight excluding hydrogens is 356 g/mol. The van der Waals surface area contributed by atoms with Gasteiger partial charge < -0.3 is 5.11 Å². The van der Waals surface area contributed by atoms with E-state index < -0.39 is 0 Å². The Labute approximate surface area is 161 Å². The van der Waals surface area contributed by atoms with Crippen molar-refractivity contribution in [3.05, 3.63) is 82.0 Å². The third-order valence-corrected chi connectivity index (χ3v) is 6.39. The molecule has 1 aliphatic heterocycles. The van der Waals surface area contributed by atoms with Gasteiger partial charge in [0.25, 0.3) is 0 Å². The highest BCUT2D eigenvalue weighted by Gasteiger charge is 2.31. The summed E-state index contributed by atoms with van der Waals surface area (Å²) >= 11 is 1.51. The maximum atomic E-state index is 10.8. The van der Waals surface area contributed by atoms with Gasteiger partial charge in [-0.25, -0.2) is 4.98 Å². The van der Waals surface area contributed by atoms with Crippen molar-refractivity contribution in [3.63, 3.8) is 0 Å². The topological polar surface area (TPSA) is 53.7 Å². The van der Waals surface area contributed by atoms with E-state index in [2.05, 4.69) is 70.4 Å². The predicted octanol–water partition coefficient (Wildman–Crippen LogP) is 3.95. The van der Waals surface area contributed by atoms with Gasteiger partial charge >= 0.3 is 0 Å². The number of rotatable bonds is 3. The van der Waals surface area contributed by atoms with Crippen molar-refractivity contribution in [2.45, 2.75) is 25.9 Å². The van der Waals surface area contributed by atoms with E-state index in [1.165, 1.54) is 44.4 Å². The van der Waals surface area contributed by atoms with Crippen LogP contribution >= 0.6 is 11.3 Å². The number of benzene rings is 2. The Hall–Kier alpha value is -2.70. The van der Waals surface area contributed by atoms with E-state index in [-0.39, 0.29) is 11.9 Å². The first-order valence-electron chi connectivity index (χ1n) is 9.09. The summed E-state index contributed by atoms with van der Waals surface area (Å²) in [5.41, 5.74) is 5.19. The molecule has 0 saturated heterocycles. The van der Waals surface area contributed by atoms with Crippen molar-refractivity contribution in [2.24, 2.45) is 0 Å². The Morgan fingerprint density at radius 1 is 1.07 bits per heavy atom. The Kier molecular flexibility index (Phi) is 3.95. The third kappa shape index (κ3) is 2.81. The molecule has 5 rings (SSSR count). The van der Waals surface area contributed by atoms with E-state index in [9.17, 15) is 5.11 Å². The minimum absolute atomic E-state index is 0.0209. The largest absolute Gasteiger partial charge is 0.492 e. The van der Waals surface area contributed by atoms with E-state index in [0.717, 1.165) is 29.3 Å². The van der Waals surface area contributed by atoms with Crippen molar-refractivity contribution in [1.82, 2.24) is 19.5 Å². The second-order valence-corrected chi connectivity index (χ2v) is 8.06. The average molecular weight is 376 g/mol. The van der Waals surface area contributed by atoms with Gasteiger partial charge in [0.15, 0.2) is 0 Å². The lowest BCUT2D eigenvalue weighted by Crippen LogP contribution is -2.34. The zero-order valence-electron chi connectivity index (χ0n) is 15.0. The molecule has 0 amide bonds. The molecule has 27 heavy (non-hydrogen) atoms. The molecule has 0 radical (unpaired) electrons. The maximum Gasteiger partial charge on any atom is 0.230 e. The lowest BCUT2D eigenvalue weighted by molar-refractivity contribution is 0.205. The fraction of sp³-hybridized carbons (Fsp3) is 0.238. The summed E-state index contributed by atoms with van der Waals surface area (Å²) in [6.45, 7) is 3.90. The SMILES string of the molecule is Cc1ccc([C@H](c2sc3ncnn3c2O)N2CCc3ccccc3C2)cc1. The Morgan fingerprint density at radius 3 is 2.63 bits per heavy atom. The van der Waals surface area contributed by atoms with Gasteiger partial charge in [-0.05, 0) is 30.0 Å². The lowest BCUT2D eigenvalue weighted by atomic mass is 9.95. The van der Waals surface area contributed by atoms with Gasteiger partial charge in [-0.2, -0.15) is 9.61 Å². The van der Waals surface area contributed by atoms with Crippen LogP contribution in [0.1, 0.15) is 33.2 Å². The average Bonchev–Trinajstić information content (AvgIpc) is 3.27.